The van der Waals surface area contributed by atoms with Gasteiger partial charge in [0.2, 0.25) is 0 Å². The summed E-state index contributed by atoms with van der Waals surface area (Å²) < 4.78 is 68.4. The Morgan fingerprint density at radius 1 is 0.284 bits per heavy atom. The number of carbonyl (C=O) groups is 4. The van der Waals surface area contributed by atoms with Crippen LogP contribution in [0.5, 0.6) is 0 Å². The number of carbonyl (C=O) groups excluding carboxylic acids is 4. The minimum absolute atomic E-state index is 0.0280. The third-order valence-corrected chi connectivity index (χ3v) is 17.4. The number of unbranched alkanes of at least 4 members (excludes halogenated alkanes) is 19. The molecule has 3 N–H and O–H groups in total. The van der Waals surface area contributed by atoms with Crippen molar-refractivity contribution in [2.75, 3.05) is 39.6 Å². The minimum atomic E-state index is -5.00. The number of allylic oxidation sites excluding steroid dienone is 26. The van der Waals surface area contributed by atoms with Crippen molar-refractivity contribution < 1.29 is 80.2 Å². The number of ether oxygens (including phenoxy) is 4. The summed E-state index contributed by atoms with van der Waals surface area (Å²) in [5.41, 5.74) is 0. The van der Waals surface area contributed by atoms with Gasteiger partial charge in [0.1, 0.15) is 19.3 Å². The molecule has 0 aromatic heterocycles. The van der Waals surface area contributed by atoms with Crippen LogP contribution < -0.4 is 0 Å². The summed E-state index contributed by atoms with van der Waals surface area (Å²) in [6.45, 7) is 4.42. The molecule has 0 amide bonds. The normalized spacial score (nSPS) is 14.8. The van der Waals surface area contributed by atoms with Gasteiger partial charge in [-0.25, -0.2) is 9.13 Å². The van der Waals surface area contributed by atoms with E-state index in [1.807, 2.05) is 18.2 Å². The number of phosphoric ester groups is 2. The Kier molecular flexibility index (Phi) is 70.1. The highest BCUT2D eigenvalue weighted by Crippen LogP contribution is 2.45. The number of rotatable bonds is 71. The van der Waals surface area contributed by atoms with Gasteiger partial charge in [-0.2, -0.15) is 0 Å². The molecule has 0 heterocycles. The van der Waals surface area contributed by atoms with E-state index < -0.39 is 97.5 Å². The van der Waals surface area contributed by atoms with Gasteiger partial charge in [0, 0.05) is 25.7 Å². The lowest BCUT2D eigenvalue weighted by atomic mass is 10.1. The van der Waals surface area contributed by atoms with Crippen LogP contribution in [-0.2, 0) is 65.4 Å². The lowest BCUT2D eigenvalue weighted by molar-refractivity contribution is -0.161. The molecular weight excluding hydrogens is 1330 g/mol. The van der Waals surface area contributed by atoms with Crippen LogP contribution >= 0.6 is 15.6 Å². The van der Waals surface area contributed by atoms with E-state index in [2.05, 4.69) is 167 Å². The topological polar surface area (TPSA) is 237 Å². The maximum atomic E-state index is 13.1. The molecule has 0 aromatic carbocycles. The molecule has 0 bridgehead atoms. The molecule has 0 saturated heterocycles. The molecule has 0 saturated carbocycles. The van der Waals surface area contributed by atoms with Gasteiger partial charge in [-0.15, -0.1) is 0 Å². The summed E-state index contributed by atoms with van der Waals surface area (Å²) in [6, 6.07) is 0. The third-order valence-electron chi connectivity index (χ3n) is 15.5. The van der Waals surface area contributed by atoms with Crippen LogP contribution in [0.1, 0.15) is 285 Å². The van der Waals surface area contributed by atoms with Crippen molar-refractivity contribution in [3.8, 4) is 0 Å². The van der Waals surface area contributed by atoms with Gasteiger partial charge in [0.05, 0.1) is 26.4 Å². The van der Waals surface area contributed by atoms with E-state index in [-0.39, 0.29) is 25.7 Å². The number of hydrogen-bond acceptors (Lipinski definition) is 15. The lowest BCUT2D eigenvalue weighted by Gasteiger charge is -2.21. The second kappa shape index (κ2) is 74.0. The van der Waals surface area contributed by atoms with Crippen molar-refractivity contribution in [2.24, 2.45) is 0 Å². The maximum Gasteiger partial charge on any atom is 0.472 e. The molecule has 5 unspecified atom stereocenters. The summed E-state index contributed by atoms with van der Waals surface area (Å²) in [6.07, 6.45) is 85.3. The second-order valence-corrected chi connectivity index (χ2v) is 28.1. The Balaban J connectivity index is 5.44. The van der Waals surface area contributed by atoms with Crippen LogP contribution in [0.4, 0.5) is 0 Å². The number of aliphatic hydroxyl groups is 1. The predicted molar refractivity (Wildman–Crippen MR) is 417 cm³/mol. The molecule has 0 aliphatic carbocycles. The molecule has 0 fully saturated rings. The summed E-state index contributed by atoms with van der Waals surface area (Å²) in [5.74, 6) is -2.34. The van der Waals surface area contributed by atoms with E-state index in [0.717, 1.165) is 167 Å². The summed E-state index contributed by atoms with van der Waals surface area (Å²) in [4.78, 5) is 72.9. The molecule has 0 aliphatic heterocycles. The molecule has 0 rings (SSSR count). The zero-order valence-electron chi connectivity index (χ0n) is 63.2. The van der Waals surface area contributed by atoms with Gasteiger partial charge in [0.15, 0.2) is 12.2 Å². The fourth-order valence-electron chi connectivity index (χ4n) is 9.60. The molecule has 0 spiro atoms. The van der Waals surface area contributed by atoms with Crippen LogP contribution in [-0.4, -0.2) is 96.7 Å². The van der Waals surface area contributed by atoms with Crippen molar-refractivity contribution in [2.45, 2.75) is 303 Å². The van der Waals surface area contributed by atoms with E-state index in [4.69, 9.17) is 37.0 Å². The van der Waals surface area contributed by atoms with Gasteiger partial charge in [-0.05, 0) is 154 Å². The molecule has 0 radical (unpaired) electrons. The molecule has 580 valence electrons. The Morgan fingerprint density at radius 2 is 0.539 bits per heavy atom. The Labute approximate surface area is 617 Å². The monoisotopic (exact) mass is 1470 g/mol. The highest BCUT2D eigenvalue weighted by Gasteiger charge is 2.30. The first-order valence-corrected chi connectivity index (χ1v) is 41.7. The van der Waals surface area contributed by atoms with Crippen LogP contribution in [0.15, 0.2) is 158 Å². The zero-order valence-corrected chi connectivity index (χ0v) is 65.0. The van der Waals surface area contributed by atoms with Gasteiger partial charge < -0.3 is 33.8 Å². The predicted octanol–water partition coefficient (Wildman–Crippen LogP) is 22.4. The van der Waals surface area contributed by atoms with Crippen LogP contribution in [0.3, 0.4) is 0 Å². The highest BCUT2D eigenvalue weighted by atomic mass is 31.2. The molecule has 17 nitrogen and oxygen atoms in total. The number of hydrogen-bond donors (Lipinski definition) is 3. The SMILES string of the molecule is CC/C=C\C/C=C\C/C=C\C/C=C\C/C=C\C/C=C\CCC(=O)OCC(COP(=O)(O)OCC(O)COP(=O)(O)OCC(COC(=O)CCCCCC/C=C\C/C=C\C/C=C\C/C=C\CC)OC(=O)CCCCCCC/C=C\CCCC)OC(=O)CCCCCCC/C=C\C/C=C\CCCCC. The zero-order chi connectivity index (χ0) is 74.6. The summed E-state index contributed by atoms with van der Waals surface area (Å²) in [7, 11) is -9.99. The van der Waals surface area contributed by atoms with Crippen molar-refractivity contribution in [3.05, 3.63) is 158 Å². The first kappa shape index (κ1) is 96.7. The first-order chi connectivity index (χ1) is 49.7. The Morgan fingerprint density at radius 3 is 0.882 bits per heavy atom. The van der Waals surface area contributed by atoms with Gasteiger partial charge in [-0.1, -0.05) is 263 Å². The van der Waals surface area contributed by atoms with E-state index in [0.29, 0.717) is 32.1 Å². The fraction of sp³-hybridized carbons (Fsp3) is 0.639. The van der Waals surface area contributed by atoms with E-state index in [9.17, 15) is 43.2 Å². The molecule has 19 heteroatoms. The third kappa shape index (κ3) is 73.0. The Bertz CT molecular complexity index is 2550. The van der Waals surface area contributed by atoms with E-state index in [1.54, 1.807) is 0 Å². The van der Waals surface area contributed by atoms with Crippen molar-refractivity contribution in [1.29, 1.82) is 0 Å². The molecule has 5 atom stereocenters. The van der Waals surface area contributed by atoms with Crippen molar-refractivity contribution in [1.82, 2.24) is 0 Å². The number of phosphoric acid groups is 2. The van der Waals surface area contributed by atoms with Gasteiger partial charge in [-0.3, -0.25) is 37.3 Å². The largest absolute Gasteiger partial charge is 0.472 e. The van der Waals surface area contributed by atoms with Crippen molar-refractivity contribution in [3.63, 3.8) is 0 Å². The molecule has 0 aromatic rings. The number of esters is 4. The summed E-state index contributed by atoms with van der Waals surface area (Å²) in [5, 5.41) is 10.6. The standard InChI is InChI=1S/C83H136O17P2/c1-5-9-13-17-21-25-29-32-35-37-38-40-43-45-49-52-56-60-64-68-81(86)94-74-79(100-83(88)70-66-62-58-54-50-46-41-34-31-27-23-19-15-11-7-3)76-98-102(91,92)96-72-77(84)71-95-101(89,90)97-75-78(99-82(87)69-65-61-57-53-47-28-24-20-16-12-8-4)73-93-80(85)67-63-59-55-51-48-44-42-39-36-33-30-26-22-18-14-10-6-2/h9-10,13-14,20-27,32-36,38,40-42,44-45,49,56,60,77-79,84H,5-8,11-12,15-19,28-31,37,39,43,46-48,50-55,57-59,61-76H2,1-4H3,(H,89,90)(H,91,92)/b13-9-,14-10-,24-20-,25-21-,26-22-,27-23-,35-32-,36-33-,40-38-,41-34-,44-42-,49-45-,60-56-. The Hall–Kier alpha value is -5.32. The van der Waals surface area contributed by atoms with E-state index >= 15 is 0 Å². The van der Waals surface area contributed by atoms with Crippen LogP contribution in [0, 0.1) is 0 Å². The van der Waals surface area contributed by atoms with Crippen molar-refractivity contribution >= 4 is 39.5 Å². The maximum absolute atomic E-state index is 13.1. The average molecular weight is 1470 g/mol. The molecule has 0 aliphatic rings. The van der Waals surface area contributed by atoms with Crippen LogP contribution in [0.25, 0.3) is 0 Å². The van der Waals surface area contributed by atoms with Crippen LogP contribution in [0.2, 0.25) is 0 Å². The smallest absolute Gasteiger partial charge is 0.462 e. The molecule has 102 heavy (non-hydrogen) atoms. The fourth-order valence-corrected chi connectivity index (χ4v) is 11.2. The highest BCUT2D eigenvalue weighted by molar-refractivity contribution is 7.47. The quantitative estimate of drug-likeness (QED) is 0.0169. The van der Waals surface area contributed by atoms with Gasteiger partial charge in [0.25, 0.3) is 0 Å². The lowest BCUT2D eigenvalue weighted by Crippen LogP contribution is -2.30. The number of aliphatic hydroxyl groups excluding tert-OH is 1. The average Bonchev–Trinajstić information content (AvgIpc) is 0.939. The second-order valence-electron chi connectivity index (χ2n) is 25.2. The van der Waals surface area contributed by atoms with E-state index in [1.165, 1.54) is 32.1 Å². The van der Waals surface area contributed by atoms with Gasteiger partial charge >= 0.3 is 39.5 Å². The minimum Gasteiger partial charge on any atom is -0.462 e. The summed E-state index contributed by atoms with van der Waals surface area (Å²) >= 11 is 0. The first-order valence-electron chi connectivity index (χ1n) is 38.7. The molecular formula is C83H136O17P2.